The molecule has 0 unspecified atom stereocenters. The summed E-state index contributed by atoms with van der Waals surface area (Å²) in [5.74, 6) is 1.46. The van der Waals surface area contributed by atoms with Gasteiger partial charge in [0, 0.05) is 61.0 Å². The number of likely N-dealkylation sites (tertiary alicyclic amines) is 1. The highest BCUT2D eigenvalue weighted by Crippen LogP contribution is 2.40. The van der Waals surface area contributed by atoms with Crippen molar-refractivity contribution < 1.29 is 4.79 Å². The van der Waals surface area contributed by atoms with Crippen LogP contribution in [-0.2, 0) is 4.79 Å². The van der Waals surface area contributed by atoms with E-state index < -0.39 is 0 Å². The number of hydrogen-bond acceptors (Lipinski definition) is 5. The molecule has 1 amide bonds. The third-order valence-corrected chi connectivity index (χ3v) is 7.58. The number of carbonyl (C=O) groups is 1. The zero-order chi connectivity index (χ0) is 21.0. The van der Waals surface area contributed by atoms with Gasteiger partial charge in [0.2, 0.25) is 5.91 Å². The van der Waals surface area contributed by atoms with E-state index in [2.05, 4.69) is 58.3 Å². The molecule has 2 aromatic rings. The molecule has 3 aliphatic rings. The third kappa shape index (κ3) is 4.65. The molecule has 0 radical (unpaired) electrons. The van der Waals surface area contributed by atoms with Gasteiger partial charge in [-0.25, -0.2) is 4.99 Å². The van der Waals surface area contributed by atoms with Gasteiger partial charge in [0.1, 0.15) is 5.84 Å². The Balaban J connectivity index is 1.20. The summed E-state index contributed by atoms with van der Waals surface area (Å²) < 4.78 is 0. The van der Waals surface area contributed by atoms with Gasteiger partial charge in [0.05, 0.1) is 5.69 Å². The van der Waals surface area contributed by atoms with Crippen LogP contribution < -0.4 is 0 Å². The van der Waals surface area contributed by atoms with Gasteiger partial charge < -0.3 is 9.80 Å². The lowest BCUT2D eigenvalue weighted by Gasteiger charge is -2.36. The lowest BCUT2D eigenvalue weighted by molar-refractivity contribution is -0.127. The molecule has 0 saturated carbocycles. The summed E-state index contributed by atoms with van der Waals surface area (Å²) in [5.41, 5.74) is 2.31. The minimum absolute atomic E-state index is 0.345. The van der Waals surface area contributed by atoms with Gasteiger partial charge in [0.25, 0.3) is 0 Å². The van der Waals surface area contributed by atoms with Crippen molar-refractivity contribution in [1.82, 2.24) is 14.7 Å². The maximum absolute atomic E-state index is 11.7. The molecule has 2 fully saturated rings. The van der Waals surface area contributed by atoms with Crippen LogP contribution in [0.15, 0.2) is 63.3 Å². The number of benzene rings is 2. The number of amides is 1. The fourth-order valence-corrected chi connectivity index (χ4v) is 5.69. The molecule has 31 heavy (non-hydrogen) atoms. The summed E-state index contributed by atoms with van der Waals surface area (Å²) in [4.78, 5) is 26.4. The van der Waals surface area contributed by atoms with E-state index in [1.165, 1.54) is 15.4 Å². The Morgan fingerprint density at radius 1 is 0.839 bits per heavy atom. The van der Waals surface area contributed by atoms with Crippen LogP contribution in [0, 0.1) is 0 Å². The van der Waals surface area contributed by atoms with Crippen LogP contribution in [0.3, 0.4) is 0 Å². The number of unbranched alkanes of at least 4 members (excludes halogenated alkanes) is 1. The molecule has 0 aliphatic carbocycles. The second-order valence-electron chi connectivity index (χ2n) is 8.52. The van der Waals surface area contributed by atoms with E-state index in [4.69, 9.17) is 4.99 Å². The van der Waals surface area contributed by atoms with Gasteiger partial charge in [-0.1, -0.05) is 42.1 Å². The maximum Gasteiger partial charge on any atom is 0.222 e. The van der Waals surface area contributed by atoms with Gasteiger partial charge in [-0.2, -0.15) is 0 Å². The summed E-state index contributed by atoms with van der Waals surface area (Å²) in [6.07, 6.45) is 4.06. The van der Waals surface area contributed by atoms with Gasteiger partial charge in [-0.05, 0) is 44.0 Å². The largest absolute Gasteiger partial charge is 0.354 e. The van der Waals surface area contributed by atoms with Crippen molar-refractivity contribution in [1.29, 1.82) is 0 Å². The van der Waals surface area contributed by atoms with Crippen molar-refractivity contribution in [3.05, 3.63) is 54.1 Å². The summed E-state index contributed by atoms with van der Waals surface area (Å²) in [7, 11) is 0. The molecular formula is C25H30N4OS. The number of carbonyl (C=O) groups excluding carboxylic acids is 1. The van der Waals surface area contributed by atoms with E-state index in [9.17, 15) is 4.79 Å². The average Bonchev–Trinajstić information content (AvgIpc) is 3.13. The summed E-state index contributed by atoms with van der Waals surface area (Å²) in [6, 6.07) is 17.1. The van der Waals surface area contributed by atoms with E-state index in [0.29, 0.717) is 5.91 Å². The monoisotopic (exact) mass is 434 g/mol. The Labute approximate surface area is 189 Å². The SMILES string of the molecule is O=C1CCCN1CCCCN1CCN(C2=Nc3ccccc3Sc3ccccc32)CC1. The van der Waals surface area contributed by atoms with Gasteiger partial charge in [-0.3, -0.25) is 9.69 Å². The van der Waals surface area contributed by atoms with Crippen LogP contribution in [0.4, 0.5) is 5.69 Å². The normalized spacial score (nSPS) is 19.1. The van der Waals surface area contributed by atoms with Crippen LogP contribution in [0.1, 0.15) is 31.2 Å². The molecule has 0 N–H and O–H groups in total. The van der Waals surface area contributed by atoms with Gasteiger partial charge in [0.15, 0.2) is 0 Å². The number of amidine groups is 1. The molecule has 2 saturated heterocycles. The minimum atomic E-state index is 0.345. The zero-order valence-electron chi connectivity index (χ0n) is 18.0. The lowest BCUT2D eigenvalue weighted by Crippen LogP contribution is -2.49. The summed E-state index contributed by atoms with van der Waals surface area (Å²) in [5, 5.41) is 0. The van der Waals surface area contributed by atoms with E-state index in [-0.39, 0.29) is 0 Å². The third-order valence-electron chi connectivity index (χ3n) is 6.44. The molecule has 3 aliphatic heterocycles. The first-order chi connectivity index (χ1) is 15.3. The Kier molecular flexibility index (Phi) is 6.27. The van der Waals surface area contributed by atoms with Crippen molar-refractivity contribution in [3.8, 4) is 0 Å². The Morgan fingerprint density at radius 2 is 1.58 bits per heavy atom. The van der Waals surface area contributed by atoms with Crippen LogP contribution in [0.2, 0.25) is 0 Å². The molecule has 3 heterocycles. The highest BCUT2D eigenvalue weighted by atomic mass is 32.2. The molecule has 0 bridgehead atoms. The predicted molar refractivity (Wildman–Crippen MR) is 126 cm³/mol. The highest BCUT2D eigenvalue weighted by molar-refractivity contribution is 7.99. The summed E-state index contributed by atoms with van der Waals surface area (Å²) >= 11 is 1.82. The van der Waals surface area contributed by atoms with E-state index in [0.717, 1.165) is 83.0 Å². The Morgan fingerprint density at radius 3 is 2.39 bits per heavy atom. The number of nitrogens with zero attached hydrogens (tertiary/aromatic N) is 4. The van der Waals surface area contributed by atoms with Crippen molar-refractivity contribution in [2.75, 3.05) is 45.8 Å². The molecule has 162 valence electrons. The quantitative estimate of drug-likeness (QED) is 0.660. The maximum atomic E-state index is 11.7. The van der Waals surface area contributed by atoms with E-state index in [1.807, 2.05) is 16.7 Å². The molecule has 5 nitrogen and oxygen atoms in total. The zero-order valence-corrected chi connectivity index (χ0v) is 18.8. The highest BCUT2D eigenvalue weighted by Gasteiger charge is 2.25. The standard InChI is InChI=1S/C25H30N4OS/c30-24-12-7-15-28(24)14-6-5-13-27-16-18-29(19-17-27)25-20-8-1-3-10-22(20)31-23-11-4-2-9-21(23)26-25/h1-4,8-11H,5-7,12-19H2. The smallest absolute Gasteiger partial charge is 0.222 e. The molecule has 2 aromatic carbocycles. The molecule has 0 spiro atoms. The molecule has 0 aromatic heterocycles. The van der Waals surface area contributed by atoms with Crippen molar-refractivity contribution in [2.45, 2.75) is 35.5 Å². The first-order valence-corrected chi connectivity index (χ1v) is 12.3. The Hall–Kier alpha value is -2.31. The molecule has 6 heteroatoms. The lowest BCUT2D eigenvalue weighted by atomic mass is 10.1. The van der Waals surface area contributed by atoms with Crippen LogP contribution in [-0.4, -0.2) is 72.3 Å². The van der Waals surface area contributed by atoms with Crippen LogP contribution in [0.5, 0.6) is 0 Å². The van der Waals surface area contributed by atoms with Gasteiger partial charge >= 0.3 is 0 Å². The first-order valence-electron chi connectivity index (χ1n) is 11.5. The second-order valence-corrected chi connectivity index (χ2v) is 9.61. The topological polar surface area (TPSA) is 39.2 Å². The number of hydrogen-bond donors (Lipinski definition) is 0. The number of piperazine rings is 1. The Bertz CT molecular complexity index is 967. The number of rotatable bonds is 5. The number of aliphatic imine (C=N–C) groups is 1. The van der Waals surface area contributed by atoms with Gasteiger partial charge in [-0.15, -0.1) is 0 Å². The van der Waals surface area contributed by atoms with E-state index in [1.54, 1.807) is 0 Å². The first kappa shape index (κ1) is 20.6. The fraction of sp³-hybridized carbons (Fsp3) is 0.440. The van der Waals surface area contributed by atoms with Crippen LogP contribution in [0.25, 0.3) is 0 Å². The number of fused-ring (bicyclic) bond motifs is 2. The van der Waals surface area contributed by atoms with Crippen molar-refractivity contribution in [3.63, 3.8) is 0 Å². The van der Waals surface area contributed by atoms with Crippen molar-refractivity contribution >= 4 is 29.2 Å². The number of para-hydroxylation sites is 1. The molecule has 5 rings (SSSR count). The second kappa shape index (κ2) is 9.45. The van der Waals surface area contributed by atoms with Crippen molar-refractivity contribution in [2.24, 2.45) is 4.99 Å². The van der Waals surface area contributed by atoms with Crippen LogP contribution >= 0.6 is 11.8 Å². The average molecular weight is 435 g/mol. The fourth-order valence-electron chi connectivity index (χ4n) is 4.67. The minimum Gasteiger partial charge on any atom is -0.354 e. The molecule has 0 atom stereocenters. The predicted octanol–water partition coefficient (Wildman–Crippen LogP) is 4.25. The van der Waals surface area contributed by atoms with E-state index >= 15 is 0 Å². The molecular weight excluding hydrogens is 404 g/mol. The summed E-state index contributed by atoms with van der Waals surface area (Å²) in [6.45, 7) is 7.16.